The molecule has 20 heavy (non-hydrogen) atoms. The summed E-state index contributed by atoms with van der Waals surface area (Å²) >= 11 is 6.84. The molecule has 1 amide bonds. The fourth-order valence-corrected chi connectivity index (χ4v) is 3.24. The van der Waals surface area contributed by atoms with E-state index >= 15 is 0 Å². The second-order valence-corrected chi connectivity index (χ2v) is 6.73. The molecular formula is C14H18Br2N2O2. The first-order valence-electron chi connectivity index (χ1n) is 6.56. The van der Waals surface area contributed by atoms with Crippen LogP contribution in [0.15, 0.2) is 27.1 Å². The number of likely N-dealkylation sites (N-methyl/N-ethyl adjacent to an activating group) is 1. The second kappa shape index (κ2) is 6.91. The molecule has 4 nitrogen and oxygen atoms in total. The lowest BCUT2D eigenvalue weighted by atomic mass is 10.2. The van der Waals surface area contributed by atoms with Crippen molar-refractivity contribution in [3.63, 3.8) is 0 Å². The molecule has 0 bridgehead atoms. The topological polar surface area (TPSA) is 32.8 Å². The van der Waals surface area contributed by atoms with E-state index in [-0.39, 0.29) is 5.91 Å². The van der Waals surface area contributed by atoms with Crippen molar-refractivity contribution in [3.05, 3.63) is 27.1 Å². The standard InChI is InChI=1S/C14H18Br2N2O2/c1-10(14(19)18-7-5-17(2)6-8-18)20-13-4-3-11(15)9-12(13)16/h3-4,9-10H,5-8H2,1-2H3/t10-/m1/s1. The molecule has 110 valence electrons. The summed E-state index contributed by atoms with van der Waals surface area (Å²) < 4.78 is 7.57. The first-order chi connectivity index (χ1) is 9.47. The van der Waals surface area contributed by atoms with Crippen LogP contribution in [0, 0.1) is 0 Å². The van der Waals surface area contributed by atoms with E-state index in [1.807, 2.05) is 23.1 Å². The Morgan fingerprint density at radius 1 is 1.25 bits per heavy atom. The molecule has 1 aromatic rings. The minimum Gasteiger partial charge on any atom is -0.480 e. The molecule has 1 aliphatic heterocycles. The van der Waals surface area contributed by atoms with E-state index < -0.39 is 6.10 Å². The monoisotopic (exact) mass is 404 g/mol. The summed E-state index contributed by atoms with van der Waals surface area (Å²) in [6.07, 6.45) is -0.476. The summed E-state index contributed by atoms with van der Waals surface area (Å²) in [5, 5.41) is 0. The van der Waals surface area contributed by atoms with E-state index in [4.69, 9.17) is 4.74 Å². The number of hydrogen-bond acceptors (Lipinski definition) is 3. The normalized spacial score (nSPS) is 17.9. The third kappa shape index (κ3) is 3.96. The van der Waals surface area contributed by atoms with Gasteiger partial charge in [0.05, 0.1) is 4.47 Å². The van der Waals surface area contributed by atoms with E-state index in [0.717, 1.165) is 35.1 Å². The highest BCUT2D eigenvalue weighted by Gasteiger charge is 2.25. The highest BCUT2D eigenvalue weighted by molar-refractivity contribution is 9.11. The van der Waals surface area contributed by atoms with E-state index in [2.05, 4.69) is 43.8 Å². The maximum absolute atomic E-state index is 12.3. The Kier molecular flexibility index (Phi) is 5.46. The second-order valence-electron chi connectivity index (χ2n) is 4.96. The van der Waals surface area contributed by atoms with Crippen LogP contribution >= 0.6 is 31.9 Å². The van der Waals surface area contributed by atoms with Crippen LogP contribution in [-0.4, -0.2) is 55.0 Å². The zero-order chi connectivity index (χ0) is 14.7. The lowest BCUT2D eigenvalue weighted by molar-refractivity contribution is -0.139. The van der Waals surface area contributed by atoms with Gasteiger partial charge in [-0.25, -0.2) is 0 Å². The molecule has 1 saturated heterocycles. The van der Waals surface area contributed by atoms with Crippen LogP contribution in [0.25, 0.3) is 0 Å². The van der Waals surface area contributed by atoms with Gasteiger partial charge in [0.25, 0.3) is 5.91 Å². The maximum atomic E-state index is 12.3. The molecule has 0 spiro atoms. The van der Waals surface area contributed by atoms with Crippen LogP contribution < -0.4 is 4.74 Å². The van der Waals surface area contributed by atoms with Crippen LogP contribution in [0.5, 0.6) is 5.75 Å². The molecule has 1 aliphatic rings. The molecule has 2 rings (SSSR count). The maximum Gasteiger partial charge on any atom is 0.263 e. The van der Waals surface area contributed by atoms with Crippen molar-refractivity contribution in [1.29, 1.82) is 0 Å². The highest BCUT2D eigenvalue weighted by Crippen LogP contribution is 2.29. The number of piperazine rings is 1. The SMILES string of the molecule is C[C@@H](Oc1ccc(Br)cc1Br)C(=O)N1CCN(C)CC1. The van der Waals surface area contributed by atoms with E-state index in [9.17, 15) is 4.79 Å². The van der Waals surface area contributed by atoms with Gasteiger partial charge < -0.3 is 14.5 Å². The van der Waals surface area contributed by atoms with Gasteiger partial charge in [-0.3, -0.25) is 4.79 Å². The zero-order valence-corrected chi connectivity index (χ0v) is 14.8. The summed E-state index contributed by atoms with van der Waals surface area (Å²) in [6.45, 7) is 5.17. The Bertz CT molecular complexity index is 488. The molecule has 6 heteroatoms. The molecule has 0 saturated carbocycles. The lowest BCUT2D eigenvalue weighted by Gasteiger charge is -2.33. The minimum atomic E-state index is -0.476. The summed E-state index contributed by atoms with van der Waals surface area (Å²) in [4.78, 5) is 16.4. The Hall–Kier alpha value is -0.590. The fourth-order valence-electron chi connectivity index (χ4n) is 2.10. The predicted octanol–water partition coefficient (Wildman–Crippen LogP) is 2.75. The van der Waals surface area contributed by atoms with Crippen molar-refractivity contribution in [2.24, 2.45) is 0 Å². The number of ether oxygens (including phenoxy) is 1. The third-order valence-electron chi connectivity index (χ3n) is 3.36. The number of rotatable bonds is 3. The largest absolute Gasteiger partial charge is 0.480 e. The Balaban J connectivity index is 1.97. The summed E-state index contributed by atoms with van der Waals surface area (Å²) in [6, 6.07) is 5.65. The first-order valence-corrected chi connectivity index (χ1v) is 8.15. The molecule has 0 aliphatic carbocycles. The molecule has 0 N–H and O–H groups in total. The minimum absolute atomic E-state index is 0.0490. The van der Waals surface area contributed by atoms with Crippen LogP contribution in [0.4, 0.5) is 0 Å². The Labute approximate surface area is 136 Å². The summed E-state index contributed by atoms with van der Waals surface area (Å²) in [5.74, 6) is 0.732. The van der Waals surface area contributed by atoms with Gasteiger partial charge in [-0.05, 0) is 48.1 Å². The number of amides is 1. The quantitative estimate of drug-likeness (QED) is 0.775. The average molecular weight is 406 g/mol. The van der Waals surface area contributed by atoms with Gasteiger partial charge in [-0.15, -0.1) is 0 Å². The summed E-state index contributed by atoms with van der Waals surface area (Å²) in [7, 11) is 2.07. The zero-order valence-electron chi connectivity index (χ0n) is 11.6. The van der Waals surface area contributed by atoms with Gasteiger partial charge in [0.2, 0.25) is 0 Å². The molecule has 1 atom stereocenters. The van der Waals surface area contributed by atoms with Gasteiger partial charge in [-0.1, -0.05) is 15.9 Å². The molecule has 0 radical (unpaired) electrons. The van der Waals surface area contributed by atoms with Crippen molar-refractivity contribution in [2.75, 3.05) is 33.2 Å². The molecule has 1 heterocycles. The van der Waals surface area contributed by atoms with Gasteiger partial charge in [-0.2, -0.15) is 0 Å². The Morgan fingerprint density at radius 2 is 1.90 bits per heavy atom. The molecule has 0 unspecified atom stereocenters. The van der Waals surface area contributed by atoms with Crippen molar-refractivity contribution >= 4 is 37.8 Å². The third-order valence-corrected chi connectivity index (χ3v) is 4.47. The van der Waals surface area contributed by atoms with Crippen LogP contribution in [-0.2, 0) is 4.79 Å². The van der Waals surface area contributed by atoms with Crippen molar-refractivity contribution in [3.8, 4) is 5.75 Å². The average Bonchev–Trinajstić information content (AvgIpc) is 2.42. The predicted molar refractivity (Wildman–Crippen MR) is 86.0 cm³/mol. The van der Waals surface area contributed by atoms with Gasteiger partial charge in [0.1, 0.15) is 5.75 Å². The highest BCUT2D eigenvalue weighted by atomic mass is 79.9. The fraction of sp³-hybridized carbons (Fsp3) is 0.500. The first kappa shape index (κ1) is 15.8. The van der Waals surface area contributed by atoms with Gasteiger partial charge >= 0.3 is 0 Å². The van der Waals surface area contributed by atoms with Crippen molar-refractivity contribution in [2.45, 2.75) is 13.0 Å². The summed E-state index contributed by atoms with van der Waals surface area (Å²) in [5.41, 5.74) is 0. The number of benzene rings is 1. The number of carbonyl (C=O) groups is 1. The number of hydrogen-bond donors (Lipinski definition) is 0. The molecular weight excluding hydrogens is 388 g/mol. The van der Waals surface area contributed by atoms with Crippen molar-refractivity contribution in [1.82, 2.24) is 9.80 Å². The molecule has 1 fully saturated rings. The van der Waals surface area contributed by atoms with Gasteiger partial charge in [0.15, 0.2) is 6.10 Å². The van der Waals surface area contributed by atoms with Crippen molar-refractivity contribution < 1.29 is 9.53 Å². The number of nitrogens with zero attached hydrogens (tertiary/aromatic N) is 2. The lowest BCUT2D eigenvalue weighted by Crippen LogP contribution is -2.50. The van der Waals surface area contributed by atoms with Crippen LogP contribution in [0.2, 0.25) is 0 Å². The van der Waals surface area contributed by atoms with Crippen LogP contribution in [0.3, 0.4) is 0 Å². The van der Waals surface area contributed by atoms with Gasteiger partial charge in [0, 0.05) is 30.7 Å². The molecule has 0 aromatic heterocycles. The molecule has 1 aromatic carbocycles. The Morgan fingerprint density at radius 3 is 2.50 bits per heavy atom. The number of halogens is 2. The van der Waals surface area contributed by atoms with E-state index in [1.54, 1.807) is 6.92 Å². The van der Waals surface area contributed by atoms with Crippen LogP contribution in [0.1, 0.15) is 6.92 Å². The smallest absolute Gasteiger partial charge is 0.263 e. The number of carbonyl (C=O) groups excluding carboxylic acids is 1. The van der Waals surface area contributed by atoms with E-state index in [1.165, 1.54) is 0 Å². The van der Waals surface area contributed by atoms with E-state index in [0.29, 0.717) is 5.75 Å².